The Bertz CT molecular complexity index is 433. The van der Waals surface area contributed by atoms with Crippen LogP contribution >= 0.6 is 0 Å². The molecule has 1 aromatic carbocycles. The van der Waals surface area contributed by atoms with E-state index in [9.17, 15) is 8.78 Å². The summed E-state index contributed by atoms with van der Waals surface area (Å²) < 4.78 is 37.4. The molecule has 2 N–H and O–H groups in total. The van der Waals surface area contributed by atoms with Crippen molar-refractivity contribution in [2.75, 3.05) is 20.3 Å². The van der Waals surface area contributed by atoms with E-state index in [0.29, 0.717) is 38.0 Å². The van der Waals surface area contributed by atoms with Gasteiger partial charge >= 0.3 is 0 Å². The molecule has 0 spiro atoms. The number of benzene rings is 1. The van der Waals surface area contributed by atoms with Gasteiger partial charge in [-0.1, -0.05) is 6.07 Å². The fourth-order valence-corrected chi connectivity index (χ4v) is 2.55. The van der Waals surface area contributed by atoms with Gasteiger partial charge in [0.05, 0.1) is 5.60 Å². The van der Waals surface area contributed by atoms with Crippen LogP contribution in [0.5, 0.6) is 0 Å². The standard InChI is InChI=1S/C14H19F2NO2/c1-18-14(4-6-19-7-5-14)13(17)8-10-2-3-11(15)9-12(10)16/h2-3,9,13H,4-8,17H2,1H3. The van der Waals surface area contributed by atoms with E-state index in [4.69, 9.17) is 15.2 Å². The zero-order chi connectivity index (χ0) is 13.9. The molecule has 0 aromatic heterocycles. The van der Waals surface area contributed by atoms with Crippen molar-refractivity contribution < 1.29 is 18.3 Å². The van der Waals surface area contributed by atoms with Gasteiger partial charge in [0.2, 0.25) is 0 Å². The molecular weight excluding hydrogens is 252 g/mol. The Morgan fingerprint density at radius 3 is 2.63 bits per heavy atom. The quantitative estimate of drug-likeness (QED) is 0.911. The predicted octanol–water partition coefficient (Wildman–Crippen LogP) is 2.03. The summed E-state index contributed by atoms with van der Waals surface area (Å²) in [7, 11) is 1.62. The van der Waals surface area contributed by atoms with Crippen LogP contribution in [0.3, 0.4) is 0 Å². The smallest absolute Gasteiger partial charge is 0.129 e. The summed E-state index contributed by atoms with van der Waals surface area (Å²) in [6.45, 7) is 1.18. The van der Waals surface area contributed by atoms with Gasteiger partial charge in [0.25, 0.3) is 0 Å². The summed E-state index contributed by atoms with van der Waals surface area (Å²) in [5.41, 5.74) is 6.12. The monoisotopic (exact) mass is 271 g/mol. The topological polar surface area (TPSA) is 44.5 Å². The van der Waals surface area contributed by atoms with Gasteiger partial charge < -0.3 is 15.2 Å². The Hall–Kier alpha value is -1.04. The summed E-state index contributed by atoms with van der Waals surface area (Å²) in [4.78, 5) is 0. The highest BCUT2D eigenvalue weighted by Crippen LogP contribution is 2.29. The SMILES string of the molecule is COC1(C(N)Cc2ccc(F)cc2F)CCOCC1. The summed E-state index contributed by atoms with van der Waals surface area (Å²) >= 11 is 0. The zero-order valence-electron chi connectivity index (χ0n) is 11.0. The summed E-state index contributed by atoms with van der Waals surface area (Å²) in [6.07, 6.45) is 1.70. The second-order valence-electron chi connectivity index (χ2n) is 4.93. The van der Waals surface area contributed by atoms with Crippen LogP contribution in [0.1, 0.15) is 18.4 Å². The third-order valence-corrected chi connectivity index (χ3v) is 3.88. The van der Waals surface area contributed by atoms with Gasteiger partial charge in [-0.3, -0.25) is 0 Å². The predicted molar refractivity (Wildman–Crippen MR) is 67.8 cm³/mol. The maximum atomic E-state index is 13.6. The van der Waals surface area contributed by atoms with Crippen molar-refractivity contribution in [1.82, 2.24) is 0 Å². The molecule has 1 heterocycles. The normalized spacial score (nSPS) is 20.2. The number of methoxy groups -OCH3 is 1. The van der Waals surface area contributed by atoms with Crippen molar-refractivity contribution >= 4 is 0 Å². The van der Waals surface area contributed by atoms with E-state index < -0.39 is 17.2 Å². The summed E-state index contributed by atoms with van der Waals surface area (Å²) in [5, 5.41) is 0. The minimum atomic E-state index is -0.581. The molecule has 1 aliphatic heterocycles. The molecule has 1 atom stereocenters. The average Bonchev–Trinajstić information content (AvgIpc) is 2.42. The van der Waals surface area contributed by atoms with Gasteiger partial charge in [-0.2, -0.15) is 0 Å². The second kappa shape index (κ2) is 5.94. The molecule has 1 saturated heterocycles. The molecular formula is C14H19F2NO2. The van der Waals surface area contributed by atoms with Gasteiger partial charge in [-0.15, -0.1) is 0 Å². The first-order valence-corrected chi connectivity index (χ1v) is 6.40. The number of nitrogens with two attached hydrogens (primary N) is 1. The van der Waals surface area contributed by atoms with E-state index in [0.717, 1.165) is 6.07 Å². The Morgan fingerprint density at radius 1 is 1.37 bits per heavy atom. The average molecular weight is 271 g/mol. The molecule has 2 rings (SSSR count). The van der Waals surface area contributed by atoms with Crippen LogP contribution in [-0.2, 0) is 15.9 Å². The Balaban J connectivity index is 2.12. The van der Waals surface area contributed by atoms with Gasteiger partial charge in [0.1, 0.15) is 11.6 Å². The van der Waals surface area contributed by atoms with Crippen molar-refractivity contribution in [3.05, 3.63) is 35.4 Å². The van der Waals surface area contributed by atoms with E-state index in [1.165, 1.54) is 12.1 Å². The van der Waals surface area contributed by atoms with E-state index in [-0.39, 0.29) is 6.04 Å². The molecule has 1 aliphatic rings. The number of hydrogen-bond donors (Lipinski definition) is 1. The second-order valence-corrected chi connectivity index (χ2v) is 4.93. The van der Waals surface area contributed by atoms with Crippen LogP contribution in [-0.4, -0.2) is 32.0 Å². The highest BCUT2D eigenvalue weighted by atomic mass is 19.1. The van der Waals surface area contributed by atoms with E-state index in [2.05, 4.69) is 0 Å². The maximum absolute atomic E-state index is 13.6. The van der Waals surface area contributed by atoms with Gasteiger partial charge in [0.15, 0.2) is 0 Å². The van der Waals surface area contributed by atoms with Crippen LogP contribution in [0.25, 0.3) is 0 Å². The fraction of sp³-hybridized carbons (Fsp3) is 0.571. The van der Waals surface area contributed by atoms with Crippen molar-refractivity contribution in [1.29, 1.82) is 0 Å². The number of halogens is 2. The molecule has 3 nitrogen and oxygen atoms in total. The first kappa shape index (κ1) is 14.4. The number of hydrogen-bond acceptors (Lipinski definition) is 3. The lowest BCUT2D eigenvalue weighted by atomic mass is 9.83. The van der Waals surface area contributed by atoms with Crippen molar-refractivity contribution in [3.63, 3.8) is 0 Å². The molecule has 106 valence electrons. The minimum Gasteiger partial charge on any atom is -0.381 e. The molecule has 5 heteroatoms. The first-order valence-electron chi connectivity index (χ1n) is 6.40. The molecule has 19 heavy (non-hydrogen) atoms. The number of ether oxygens (including phenoxy) is 2. The third kappa shape index (κ3) is 3.11. The summed E-state index contributed by atoms with van der Waals surface area (Å²) in [6, 6.07) is 3.22. The number of rotatable bonds is 4. The van der Waals surface area contributed by atoms with Crippen molar-refractivity contribution in [2.24, 2.45) is 5.73 Å². The van der Waals surface area contributed by atoms with E-state index in [1.807, 2.05) is 0 Å². The molecule has 0 bridgehead atoms. The summed E-state index contributed by atoms with van der Waals surface area (Å²) in [5.74, 6) is -1.14. The Morgan fingerprint density at radius 2 is 2.05 bits per heavy atom. The first-order chi connectivity index (χ1) is 9.07. The highest BCUT2D eigenvalue weighted by molar-refractivity contribution is 5.20. The van der Waals surface area contributed by atoms with E-state index >= 15 is 0 Å². The van der Waals surface area contributed by atoms with Crippen LogP contribution in [0.2, 0.25) is 0 Å². The van der Waals surface area contributed by atoms with Crippen molar-refractivity contribution in [3.8, 4) is 0 Å². The fourth-order valence-electron chi connectivity index (χ4n) is 2.55. The van der Waals surface area contributed by atoms with Crippen LogP contribution in [0, 0.1) is 11.6 Å². The Kier molecular flexibility index (Phi) is 4.50. The third-order valence-electron chi connectivity index (χ3n) is 3.88. The van der Waals surface area contributed by atoms with Gasteiger partial charge in [-0.25, -0.2) is 8.78 Å². The molecule has 1 unspecified atom stereocenters. The molecule has 1 fully saturated rings. The lowest BCUT2D eigenvalue weighted by Gasteiger charge is -2.40. The van der Waals surface area contributed by atoms with Gasteiger partial charge in [0, 0.05) is 45.3 Å². The van der Waals surface area contributed by atoms with E-state index in [1.54, 1.807) is 7.11 Å². The Labute approximate surface area is 111 Å². The minimum absolute atomic E-state index is 0.319. The largest absolute Gasteiger partial charge is 0.381 e. The molecule has 0 saturated carbocycles. The highest BCUT2D eigenvalue weighted by Gasteiger charge is 2.38. The lowest BCUT2D eigenvalue weighted by Crippen LogP contribution is -2.54. The van der Waals surface area contributed by atoms with Crippen LogP contribution < -0.4 is 5.73 Å². The molecule has 1 aromatic rings. The van der Waals surface area contributed by atoms with Crippen LogP contribution in [0.4, 0.5) is 8.78 Å². The molecule has 0 radical (unpaired) electrons. The maximum Gasteiger partial charge on any atom is 0.129 e. The zero-order valence-corrected chi connectivity index (χ0v) is 11.0. The lowest BCUT2D eigenvalue weighted by molar-refractivity contribution is -0.103. The molecule has 0 aliphatic carbocycles. The molecule has 0 amide bonds. The van der Waals surface area contributed by atoms with Crippen LogP contribution in [0.15, 0.2) is 18.2 Å². The van der Waals surface area contributed by atoms with Gasteiger partial charge in [-0.05, 0) is 18.1 Å². The van der Waals surface area contributed by atoms with Crippen molar-refractivity contribution in [2.45, 2.75) is 30.9 Å².